The standard InChI is InChI=1S/C24H30N2O2.C9H11NO2/c1-18(27)25-24(21-6-4-3-5-7-21)12-14-26(15-13-24)17-20-16-23(20)19-8-10-22(28-2)11-9-19;1-10(9(11)12)7-8-5-3-2-4-6-8/h3-11,20,23H,12-17H2,1-2H3,(H,25,27);2-6H,7H2,1H3,(H,11,12)/t20-,23+;/m0./s1. The number of benzene rings is 3. The Labute approximate surface area is 237 Å². The topological polar surface area (TPSA) is 82.1 Å². The van der Waals surface area contributed by atoms with Crippen LogP contribution in [0.3, 0.4) is 0 Å². The number of piperidine rings is 1. The van der Waals surface area contributed by atoms with Gasteiger partial charge in [-0.25, -0.2) is 4.79 Å². The van der Waals surface area contributed by atoms with Gasteiger partial charge in [-0.15, -0.1) is 0 Å². The number of amides is 2. The number of carbonyl (C=O) groups excluding carboxylic acids is 1. The van der Waals surface area contributed by atoms with Crippen molar-refractivity contribution in [3.63, 3.8) is 0 Å². The van der Waals surface area contributed by atoms with E-state index in [1.54, 1.807) is 21.1 Å². The van der Waals surface area contributed by atoms with Crippen molar-refractivity contribution in [2.75, 3.05) is 33.8 Å². The van der Waals surface area contributed by atoms with Gasteiger partial charge in [-0.05, 0) is 59.9 Å². The van der Waals surface area contributed by atoms with E-state index in [1.165, 1.54) is 22.4 Å². The van der Waals surface area contributed by atoms with Crippen LogP contribution in [0.5, 0.6) is 5.75 Å². The van der Waals surface area contributed by atoms with Crippen LogP contribution in [-0.4, -0.2) is 60.7 Å². The van der Waals surface area contributed by atoms with Crippen LogP contribution in [0.1, 0.15) is 48.8 Å². The van der Waals surface area contributed by atoms with Gasteiger partial charge in [-0.1, -0.05) is 72.8 Å². The van der Waals surface area contributed by atoms with Crippen LogP contribution in [-0.2, 0) is 16.9 Å². The van der Waals surface area contributed by atoms with Crippen molar-refractivity contribution in [1.82, 2.24) is 15.1 Å². The molecular weight excluding hydrogens is 502 g/mol. The van der Waals surface area contributed by atoms with Crippen molar-refractivity contribution < 1.29 is 19.4 Å². The second-order valence-electron chi connectivity index (χ2n) is 10.9. The van der Waals surface area contributed by atoms with Crippen LogP contribution in [0.15, 0.2) is 84.9 Å². The molecule has 2 amide bonds. The number of likely N-dealkylation sites (tertiary alicyclic amines) is 1. The second-order valence-corrected chi connectivity index (χ2v) is 10.9. The molecule has 7 nitrogen and oxygen atoms in total. The van der Waals surface area contributed by atoms with E-state index < -0.39 is 6.09 Å². The Hall–Kier alpha value is -3.84. The Kier molecular flexibility index (Phi) is 9.83. The fourth-order valence-electron chi connectivity index (χ4n) is 5.66. The first kappa shape index (κ1) is 29.2. The van der Waals surface area contributed by atoms with Crippen LogP contribution in [0.4, 0.5) is 4.79 Å². The molecule has 40 heavy (non-hydrogen) atoms. The van der Waals surface area contributed by atoms with Crippen LogP contribution in [0.2, 0.25) is 0 Å². The summed E-state index contributed by atoms with van der Waals surface area (Å²) in [4.78, 5) is 26.1. The van der Waals surface area contributed by atoms with E-state index in [4.69, 9.17) is 9.84 Å². The largest absolute Gasteiger partial charge is 0.497 e. The summed E-state index contributed by atoms with van der Waals surface area (Å²) < 4.78 is 5.26. The van der Waals surface area contributed by atoms with E-state index in [9.17, 15) is 9.59 Å². The summed E-state index contributed by atoms with van der Waals surface area (Å²) in [5.41, 5.74) is 3.44. The maximum atomic E-state index is 11.9. The minimum absolute atomic E-state index is 0.0547. The lowest BCUT2D eigenvalue weighted by atomic mass is 9.80. The molecule has 2 atom stereocenters. The van der Waals surface area contributed by atoms with E-state index in [2.05, 4.69) is 58.7 Å². The number of methoxy groups -OCH3 is 1. The number of nitrogens with zero attached hydrogens (tertiary/aromatic N) is 2. The van der Waals surface area contributed by atoms with E-state index in [0.717, 1.165) is 49.7 Å². The van der Waals surface area contributed by atoms with Crippen molar-refractivity contribution in [3.8, 4) is 5.75 Å². The summed E-state index contributed by atoms with van der Waals surface area (Å²) >= 11 is 0. The van der Waals surface area contributed by atoms with Gasteiger partial charge in [0.05, 0.1) is 12.6 Å². The van der Waals surface area contributed by atoms with Crippen molar-refractivity contribution >= 4 is 12.0 Å². The lowest BCUT2D eigenvalue weighted by Gasteiger charge is -2.43. The first-order valence-corrected chi connectivity index (χ1v) is 14.0. The first-order valence-electron chi connectivity index (χ1n) is 14.0. The summed E-state index contributed by atoms with van der Waals surface area (Å²) in [5.74, 6) is 2.41. The monoisotopic (exact) mass is 543 g/mol. The van der Waals surface area contributed by atoms with Crippen LogP contribution in [0.25, 0.3) is 0 Å². The van der Waals surface area contributed by atoms with Gasteiger partial charge in [-0.3, -0.25) is 4.79 Å². The van der Waals surface area contributed by atoms with Gasteiger partial charge in [0.1, 0.15) is 5.75 Å². The molecule has 3 aromatic rings. The summed E-state index contributed by atoms with van der Waals surface area (Å²) in [6.07, 6.45) is 2.31. The Morgan fingerprint density at radius 3 is 2.12 bits per heavy atom. The molecule has 0 spiro atoms. The molecule has 5 rings (SSSR count). The molecular formula is C33H41N3O4. The molecule has 1 saturated carbocycles. The molecule has 212 valence electrons. The highest BCUT2D eigenvalue weighted by Gasteiger charge is 2.42. The maximum Gasteiger partial charge on any atom is 0.407 e. The minimum Gasteiger partial charge on any atom is -0.497 e. The zero-order valence-electron chi connectivity index (χ0n) is 23.8. The molecule has 7 heteroatoms. The lowest BCUT2D eigenvalue weighted by molar-refractivity contribution is -0.121. The van der Waals surface area contributed by atoms with Crippen molar-refractivity contribution in [2.45, 2.75) is 44.2 Å². The number of nitrogens with one attached hydrogen (secondary N) is 1. The van der Waals surface area contributed by atoms with Crippen molar-refractivity contribution in [3.05, 3.63) is 102 Å². The molecule has 3 aromatic carbocycles. The molecule has 2 N–H and O–H groups in total. The maximum absolute atomic E-state index is 11.9. The molecule has 1 aliphatic heterocycles. The number of ether oxygens (including phenoxy) is 1. The SMILES string of the molecule is CN(Cc1ccccc1)C(=O)O.COc1ccc([C@H]2C[C@H]2CN2CCC(NC(C)=O)(c3ccccc3)CC2)cc1. The predicted molar refractivity (Wildman–Crippen MR) is 157 cm³/mol. The number of hydrogen-bond acceptors (Lipinski definition) is 4. The highest BCUT2D eigenvalue weighted by Crippen LogP contribution is 2.48. The molecule has 0 aromatic heterocycles. The third-order valence-corrected chi connectivity index (χ3v) is 8.00. The molecule has 1 aliphatic carbocycles. The molecule has 1 saturated heterocycles. The van der Waals surface area contributed by atoms with Gasteiger partial charge in [0.25, 0.3) is 0 Å². The zero-order valence-corrected chi connectivity index (χ0v) is 23.8. The Bertz CT molecular complexity index is 1230. The second kappa shape index (κ2) is 13.5. The van der Waals surface area contributed by atoms with E-state index in [1.807, 2.05) is 36.4 Å². The van der Waals surface area contributed by atoms with Crippen LogP contribution in [0, 0.1) is 5.92 Å². The summed E-state index contributed by atoms with van der Waals surface area (Å²) in [6.45, 7) is 5.28. The third-order valence-electron chi connectivity index (χ3n) is 8.00. The van der Waals surface area contributed by atoms with E-state index in [0.29, 0.717) is 12.5 Å². The number of rotatable bonds is 8. The average Bonchev–Trinajstić information content (AvgIpc) is 3.74. The Morgan fingerprint density at radius 2 is 1.57 bits per heavy atom. The lowest BCUT2D eigenvalue weighted by Crippen LogP contribution is -2.52. The van der Waals surface area contributed by atoms with Gasteiger partial charge in [-0.2, -0.15) is 0 Å². The van der Waals surface area contributed by atoms with Gasteiger partial charge in [0.15, 0.2) is 0 Å². The number of carbonyl (C=O) groups is 2. The molecule has 0 bridgehead atoms. The number of carboxylic acid groups (broad SMARTS) is 1. The summed E-state index contributed by atoms with van der Waals surface area (Å²) in [6, 6.07) is 28.5. The minimum atomic E-state index is -0.904. The van der Waals surface area contributed by atoms with Gasteiger partial charge < -0.3 is 25.0 Å². The number of hydrogen-bond donors (Lipinski definition) is 2. The van der Waals surface area contributed by atoms with Crippen molar-refractivity contribution in [1.29, 1.82) is 0 Å². The van der Waals surface area contributed by atoms with Crippen LogP contribution >= 0.6 is 0 Å². The summed E-state index contributed by atoms with van der Waals surface area (Å²) in [7, 11) is 3.26. The Morgan fingerprint density at radius 1 is 0.975 bits per heavy atom. The highest BCUT2D eigenvalue weighted by atomic mass is 16.5. The zero-order chi connectivity index (χ0) is 28.5. The van der Waals surface area contributed by atoms with Gasteiger partial charge in [0.2, 0.25) is 5.91 Å². The Balaban J connectivity index is 0.000000259. The molecule has 2 fully saturated rings. The van der Waals surface area contributed by atoms with E-state index >= 15 is 0 Å². The highest BCUT2D eigenvalue weighted by molar-refractivity contribution is 5.74. The molecule has 1 heterocycles. The fraction of sp³-hybridized carbons (Fsp3) is 0.394. The quantitative estimate of drug-likeness (QED) is 0.380. The summed E-state index contributed by atoms with van der Waals surface area (Å²) in [5, 5.41) is 11.8. The molecule has 0 unspecified atom stereocenters. The van der Waals surface area contributed by atoms with Gasteiger partial charge in [0, 0.05) is 40.2 Å². The third kappa shape index (κ3) is 7.85. The first-order chi connectivity index (χ1) is 19.3. The van der Waals surface area contributed by atoms with Crippen LogP contribution < -0.4 is 10.1 Å². The van der Waals surface area contributed by atoms with Gasteiger partial charge >= 0.3 is 6.09 Å². The molecule has 2 aliphatic rings. The smallest absolute Gasteiger partial charge is 0.407 e. The average molecular weight is 544 g/mol. The predicted octanol–water partition coefficient (Wildman–Crippen LogP) is 5.72. The van der Waals surface area contributed by atoms with Crippen molar-refractivity contribution in [2.24, 2.45) is 5.92 Å². The van der Waals surface area contributed by atoms with E-state index in [-0.39, 0.29) is 11.4 Å². The molecule has 0 radical (unpaired) electrons. The fourth-order valence-corrected chi connectivity index (χ4v) is 5.66. The normalized spacial score (nSPS) is 19.5.